The van der Waals surface area contributed by atoms with E-state index >= 15 is 0 Å². The summed E-state index contributed by atoms with van der Waals surface area (Å²) >= 11 is 0. The largest absolute Gasteiger partial charge is 0.457 e. The highest BCUT2D eigenvalue weighted by molar-refractivity contribution is 6.09. The first-order valence-electron chi connectivity index (χ1n) is 17.9. The van der Waals surface area contributed by atoms with Gasteiger partial charge in [-0.15, -0.1) is 0 Å². The fourth-order valence-electron chi connectivity index (χ4n) is 7.41. The number of hydrogen-bond donors (Lipinski definition) is 0. The van der Waals surface area contributed by atoms with Gasteiger partial charge in [0.1, 0.15) is 17.3 Å². The Morgan fingerprint density at radius 3 is 1.94 bits per heavy atom. The van der Waals surface area contributed by atoms with Crippen molar-refractivity contribution in [1.29, 1.82) is 0 Å². The van der Waals surface area contributed by atoms with Gasteiger partial charge in [0.25, 0.3) is 0 Å². The van der Waals surface area contributed by atoms with Crippen molar-refractivity contribution in [2.24, 2.45) is 0 Å². The van der Waals surface area contributed by atoms with E-state index in [4.69, 9.17) is 14.8 Å². The number of pyridine rings is 1. The first-order valence-corrected chi connectivity index (χ1v) is 17.9. The highest BCUT2D eigenvalue weighted by Gasteiger charge is 2.21. The maximum absolute atomic E-state index is 6.75. The van der Waals surface area contributed by atoms with Crippen LogP contribution < -0.4 is 4.74 Å². The Labute approximate surface area is 296 Å². The molecule has 0 atom stereocenters. The molecule has 0 saturated heterocycles. The lowest BCUT2D eigenvalue weighted by Crippen LogP contribution is -2.02. The molecule has 0 saturated carbocycles. The van der Waals surface area contributed by atoms with Crippen molar-refractivity contribution in [3.8, 4) is 34.1 Å². The molecule has 0 amide bonds. The minimum absolute atomic E-state index is 0.311. The zero-order valence-electron chi connectivity index (χ0n) is 31.1. The molecular weight excluding hydrogens is 613 g/mol. The van der Waals surface area contributed by atoms with Gasteiger partial charge in [-0.1, -0.05) is 71.9 Å². The van der Waals surface area contributed by atoms with E-state index in [9.17, 15) is 0 Å². The Morgan fingerprint density at radius 1 is 0.580 bits per heavy atom. The summed E-state index contributed by atoms with van der Waals surface area (Å²) in [5.74, 6) is 3.68. The Hall–Kier alpha value is -5.16. The number of para-hydroxylation sites is 1. The fraction of sp³-hybridized carbons (Fsp3) is 0.289. The van der Waals surface area contributed by atoms with Crippen molar-refractivity contribution in [2.75, 3.05) is 0 Å². The molecule has 0 aliphatic carbocycles. The predicted octanol–water partition coefficient (Wildman–Crippen LogP) is 12.4. The number of hydrogen-bond acceptors (Lipinski definition) is 3. The average Bonchev–Trinajstić information content (AvgIpc) is 3.57. The predicted molar refractivity (Wildman–Crippen MR) is 209 cm³/mol. The van der Waals surface area contributed by atoms with Crippen LogP contribution in [0.2, 0.25) is 0 Å². The standard InChI is InChI=1S/C45H48N4O/c1-26(2)33-17-18-46-43(23-33)48-41-14-12-11-13-39(41)40-16-15-37(25-42(40)48)50-38-22-35(28(5)6)21-36(24-38)49-32(10)45(31(9)47-49)44-29(7)19-34(27(3)4)20-30(44)8/h11-28H,1-10H3. The summed E-state index contributed by atoms with van der Waals surface area (Å²) in [4.78, 5) is 4.83. The van der Waals surface area contributed by atoms with Gasteiger partial charge in [-0.3, -0.25) is 4.57 Å². The minimum atomic E-state index is 0.311. The first-order chi connectivity index (χ1) is 23.9. The molecule has 0 aliphatic rings. The van der Waals surface area contributed by atoms with Gasteiger partial charge >= 0.3 is 0 Å². The normalized spacial score (nSPS) is 11.9. The van der Waals surface area contributed by atoms with Crippen molar-refractivity contribution in [3.05, 3.63) is 130 Å². The highest BCUT2D eigenvalue weighted by atomic mass is 16.5. The molecule has 0 unspecified atom stereocenters. The third kappa shape index (κ3) is 5.89. The average molecular weight is 661 g/mol. The van der Waals surface area contributed by atoms with Crippen molar-refractivity contribution < 1.29 is 4.74 Å². The Morgan fingerprint density at radius 2 is 1.24 bits per heavy atom. The summed E-state index contributed by atoms with van der Waals surface area (Å²) in [7, 11) is 0. The number of aromatic nitrogens is 4. The minimum Gasteiger partial charge on any atom is -0.457 e. The van der Waals surface area contributed by atoms with Crippen LogP contribution in [-0.2, 0) is 0 Å². The molecule has 3 aromatic heterocycles. The Bertz CT molecular complexity index is 2360. The zero-order chi connectivity index (χ0) is 35.4. The summed E-state index contributed by atoms with van der Waals surface area (Å²) in [6, 6.07) is 30.4. The van der Waals surface area contributed by atoms with Gasteiger partial charge in [0, 0.05) is 40.4 Å². The third-order valence-electron chi connectivity index (χ3n) is 10.1. The SMILES string of the molecule is Cc1cc(C(C)C)cc(C)c1-c1c(C)nn(-c2cc(Oc3ccc4c5ccccc5n(-c5cc(C(C)C)ccn5)c4c3)cc(C(C)C)c2)c1C. The monoisotopic (exact) mass is 660 g/mol. The van der Waals surface area contributed by atoms with E-state index in [0.717, 1.165) is 45.4 Å². The van der Waals surface area contributed by atoms with Crippen LogP contribution >= 0.6 is 0 Å². The lowest BCUT2D eigenvalue weighted by Gasteiger charge is -2.16. The van der Waals surface area contributed by atoms with Gasteiger partial charge < -0.3 is 4.74 Å². The van der Waals surface area contributed by atoms with Crippen molar-refractivity contribution in [1.82, 2.24) is 19.3 Å². The molecule has 3 heterocycles. The van der Waals surface area contributed by atoms with Crippen LogP contribution in [0.5, 0.6) is 11.5 Å². The van der Waals surface area contributed by atoms with Gasteiger partial charge in [-0.25, -0.2) is 9.67 Å². The molecule has 5 nitrogen and oxygen atoms in total. The van der Waals surface area contributed by atoms with E-state index in [-0.39, 0.29) is 0 Å². The smallest absolute Gasteiger partial charge is 0.137 e. The summed E-state index contributed by atoms with van der Waals surface area (Å²) in [5, 5.41) is 7.49. The lowest BCUT2D eigenvalue weighted by molar-refractivity contribution is 0.481. The van der Waals surface area contributed by atoms with Gasteiger partial charge in [0.2, 0.25) is 0 Å². The molecule has 254 valence electrons. The second kappa shape index (κ2) is 12.9. The van der Waals surface area contributed by atoms with E-state index in [1.54, 1.807) is 0 Å². The number of benzene rings is 4. The number of rotatable bonds is 8. The number of nitrogens with zero attached hydrogens (tertiary/aromatic N) is 4. The maximum Gasteiger partial charge on any atom is 0.137 e. The number of aryl methyl sites for hydroxylation is 3. The first kappa shape index (κ1) is 33.3. The summed E-state index contributed by atoms with van der Waals surface area (Å²) in [5.41, 5.74) is 14.2. The molecule has 0 fully saturated rings. The molecule has 50 heavy (non-hydrogen) atoms. The lowest BCUT2D eigenvalue weighted by atomic mass is 9.89. The van der Waals surface area contributed by atoms with E-state index < -0.39 is 0 Å². The molecule has 0 radical (unpaired) electrons. The maximum atomic E-state index is 6.75. The Kier molecular flexibility index (Phi) is 8.63. The van der Waals surface area contributed by atoms with Crippen LogP contribution in [0, 0.1) is 27.7 Å². The van der Waals surface area contributed by atoms with Gasteiger partial charge in [-0.05, 0) is 121 Å². The summed E-state index contributed by atoms with van der Waals surface area (Å²) < 4.78 is 11.1. The quantitative estimate of drug-likeness (QED) is 0.163. The van der Waals surface area contributed by atoms with Crippen molar-refractivity contribution >= 4 is 21.8 Å². The molecule has 0 aliphatic heterocycles. The van der Waals surface area contributed by atoms with Gasteiger partial charge in [-0.2, -0.15) is 5.10 Å². The van der Waals surface area contributed by atoms with Crippen LogP contribution in [0.3, 0.4) is 0 Å². The third-order valence-corrected chi connectivity index (χ3v) is 10.1. The molecule has 7 rings (SSSR count). The Balaban J connectivity index is 1.33. The topological polar surface area (TPSA) is 44.9 Å². The van der Waals surface area contributed by atoms with Gasteiger partial charge in [0.05, 0.1) is 22.4 Å². The van der Waals surface area contributed by atoms with E-state index in [2.05, 4.69) is 163 Å². The highest BCUT2D eigenvalue weighted by Crippen LogP contribution is 2.39. The van der Waals surface area contributed by atoms with Crippen LogP contribution in [0.15, 0.2) is 91.1 Å². The van der Waals surface area contributed by atoms with E-state index in [1.165, 1.54) is 49.7 Å². The van der Waals surface area contributed by atoms with Crippen LogP contribution in [0.25, 0.3) is 44.4 Å². The van der Waals surface area contributed by atoms with Gasteiger partial charge in [0.15, 0.2) is 0 Å². The van der Waals surface area contributed by atoms with E-state index in [0.29, 0.717) is 17.8 Å². The van der Waals surface area contributed by atoms with Crippen LogP contribution in [0.1, 0.15) is 98.5 Å². The van der Waals surface area contributed by atoms with Crippen LogP contribution in [-0.4, -0.2) is 19.3 Å². The number of ether oxygens (including phenoxy) is 1. The van der Waals surface area contributed by atoms with E-state index in [1.807, 2.05) is 6.20 Å². The van der Waals surface area contributed by atoms with Crippen molar-refractivity contribution in [2.45, 2.75) is 87.0 Å². The summed E-state index contributed by atoms with van der Waals surface area (Å²) in [6.45, 7) is 22.1. The second-order valence-corrected chi connectivity index (χ2v) is 14.8. The molecular formula is C45H48N4O. The molecule has 0 spiro atoms. The second-order valence-electron chi connectivity index (χ2n) is 14.8. The molecule has 0 N–H and O–H groups in total. The molecule has 5 heteroatoms. The molecule has 4 aromatic carbocycles. The summed E-state index contributed by atoms with van der Waals surface area (Å²) in [6.07, 6.45) is 1.91. The zero-order valence-corrected chi connectivity index (χ0v) is 31.1. The molecule has 0 bridgehead atoms. The van der Waals surface area contributed by atoms with Crippen LogP contribution in [0.4, 0.5) is 0 Å². The number of fused-ring (bicyclic) bond motifs is 3. The molecule has 7 aromatic rings. The van der Waals surface area contributed by atoms with Crippen molar-refractivity contribution in [3.63, 3.8) is 0 Å². The fourth-order valence-corrected chi connectivity index (χ4v) is 7.41.